The molecule has 2 aliphatic rings. The number of rotatable bonds is 6. The zero-order valence-corrected chi connectivity index (χ0v) is 19.9. The van der Waals surface area contributed by atoms with E-state index in [0.29, 0.717) is 10.9 Å². The molecule has 1 saturated carbocycles. The van der Waals surface area contributed by atoms with E-state index in [1.165, 1.54) is 13.2 Å². The normalized spacial score (nSPS) is 27.4. The van der Waals surface area contributed by atoms with Crippen molar-refractivity contribution in [1.29, 1.82) is 0 Å². The number of hydrogen-bond acceptors (Lipinski definition) is 10. The smallest absolute Gasteiger partial charge is 0.349 e. The van der Waals surface area contributed by atoms with E-state index in [2.05, 4.69) is 5.16 Å². The minimum Gasteiger partial charge on any atom is -0.506 e. The van der Waals surface area contributed by atoms with Crippen molar-refractivity contribution in [2.75, 3.05) is 7.11 Å². The Morgan fingerprint density at radius 2 is 1.91 bits per heavy atom. The number of ether oxygens (including phenoxy) is 3. The molecule has 0 spiro atoms. The number of hydrogen-bond donors (Lipinski definition) is 3. The molecule has 1 aliphatic heterocycles. The second kappa shape index (κ2) is 9.18. The highest BCUT2D eigenvalue weighted by atomic mass is 16.7. The van der Waals surface area contributed by atoms with Crippen LogP contribution in [0.2, 0.25) is 0 Å². The highest BCUT2D eigenvalue weighted by Gasteiger charge is 2.50. The van der Waals surface area contributed by atoms with Crippen LogP contribution >= 0.6 is 0 Å². The van der Waals surface area contributed by atoms with E-state index in [1.54, 1.807) is 33.8 Å². The number of benzene rings is 1. The van der Waals surface area contributed by atoms with Gasteiger partial charge in [0.05, 0.1) is 16.7 Å². The number of methoxy groups -OCH3 is 1. The van der Waals surface area contributed by atoms with E-state index in [1.807, 2.05) is 0 Å². The Labute approximate surface area is 196 Å². The van der Waals surface area contributed by atoms with Crippen molar-refractivity contribution in [3.63, 3.8) is 0 Å². The van der Waals surface area contributed by atoms with Gasteiger partial charge >= 0.3 is 5.63 Å². The molecular formula is C24H31NO9. The zero-order valence-electron chi connectivity index (χ0n) is 19.9. The monoisotopic (exact) mass is 477 g/mol. The molecule has 2 aromatic rings. The minimum absolute atomic E-state index is 0.0339. The van der Waals surface area contributed by atoms with Gasteiger partial charge in [-0.15, -0.1) is 0 Å². The average molecular weight is 478 g/mol. The number of oxime groups is 1. The van der Waals surface area contributed by atoms with Crippen LogP contribution in [-0.2, 0) is 14.3 Å². The Morgan fingerprint density at radius 3 is 2.53 bits per heavy atom. The summed E-state index contributed by atoms with van der Waals surface area (Å²) in [6.07, 6.45) is -1.64. The maximum atomic E-state index is 12.7. The van der Waals surface area contributed by atoms with Gasteiger partial charge in [0.1, 0.15) is 47.1 Å². The van der Waals surface area contributed by atoms with Crippen molar-refractivity contribution in [2.45, 2.75) is 83.3 Å². The summed E-state index contributed by atoms with van der Waals surface area (Å²) in [6, 6.07) is 3.10. The van der Waals surface area contributed by atoms with Crippen molar-refractivity contribution in [1.82, 2.24) is 0 Å². The van der Waals surface area contributed by atoms with Crippen LogP contribution in [0.1, 0.15) is 51.2 Å². The molecule has 2 heterocycles. The fourth-order valence-corrected chi connectivity index (χ4v) is 4.32. The van der Waals surface area contributed by atoms with Gasteiger partial charge in [0, 0.05) is 12.7 Å². The molecule has 1 aromatic carbocycles. The molecule has 0 radical (unpaired) electrons. The lowest BCUT2D eigenvalue weighted by atomic mass is 9.89. The molecule has 1 aromatic heterocycles. The van der Waals surface area contributed by atoms with Crippen LogP contribution in [0.5, 0.6) is 11.5 Å². The third-order valence-electron chi connectivity index (χ3n) is 6.54. The van der Waals surface area contributed by atoms with Gasteiger partial charge in [-0.2, -0.15) is 0 Å². The predicted molar refractivity (Wildman–Crippen MR) is 122 cm³/mol. The lowest BCUT2D eigenvalue weighted by molar-refractivity contribution is -0.306. The Hall–Kier alpha value is -2.66. The zero-order chi connectivity index (χ0) is 24.8. The first kappa shape index (κ1) is 24.5. The molecule has 3 N–H and O–H groups in total. The summed E-state index contributed by atoms with van der Waals surface area (Å²) < 4.78 is 22.5. The van der Waals surface area contributed by atoms with Gasteiger partial charge in [0.2, 0.25) is 6.29 Å². The first-order chi connectivity index (χ1) is 16.0. The number of nitrogens with zero attached hydrogens (tertiary/aromatic N) is 1. The topological polar surface area (TPSA) is 140 Å². The average Bonchev–Trinajstić information content (AvgIpc) is 2.73. The van der Waals surface area contributed by atoms with Crippen molar-refractivity contribution >= 4 is 16.7 Å². The number of aliphatic hydroxyl groups excluding tert-OH is 2. The molecule has 34 heavy (non-hydrogen) atoms. The van der Waals surface area contributed by atoms with E-state index in [4.69, 9.17) is 23.5 Å². The van der Waals surface area contributed by atoms with Crippen LogP contribution < -0.4 is 10.4 Å². The van der Waals surface area contributed by atoms with Crippen LogP contribution in [0.15, 0.2) is 26.5 Å². The minimum atomic E-state index is -1.38. The molecule has 0 amide bonds. The molecule has 1 saturated heterocycles. The van der Waals surface area contributed by atoms with Crippen LogP contribution in [0, 0.1) is 6.92 Å². The molecule has 0 bridgehead atoms. The molecule has 4 rings (SSSR count). The summed E-state index contributed by atoms with van der Waals surface area (Å²) in [7, 11) is 1.43. The maximum Gasteiger partial charge on any atom is 0.349 e. The second-order valence-corrected chi connectivity index (χ2v) is 9.36. The van der Waals surface area contributed by atoms with Gasteiger partial charge in [-0.3, -0.25) is 0 Å². The number of aromatic hydroxyl groups is 1. The lowest BCUT2D eigenvalue weighted by Gasteiger charge is -2.46. The molecule has 186 valence electrons. The molecular weight excluding hydrogens is 446 g/mol. The Bertz CT molecular complexity index is 1150. The quantitative estimate of drug-likeness (QED) is 0.325. The van der Waals surface area contributed by atoms with Gasteiger partial charge < -0.3 is 38.8 Å². The lowest BCUT2D eigenvalue weighted by Crippen LogP contribution is -2.63. The third kappa shape index (κ3) is 4.26. The first-order valence-corrected chi connectivity index (χ1v) is 11.3. The highest BCUT2D eigenvalue weighted by Crippen LogP contribution is 2.37. The summed E-state index contributed by atoms with van der Waals surface area (Å²) in [5.74, 6) is -0.0165. The summed E-state index contributed by atoms with van der Waals surface area (Å²) in [5.41, 5.74) is -1.02. The largest absolute Gasteiger partial charge is 0.506 e. The summed E-state index contributed by atoms with van der Waals surface area (Å²) in [5, 5.41) is 36.1. The number of aliphatic hydroxyl groups is 2. The van der Waals surface area contributed by atoms with Crippen molar-refractivity contribution < 1.29 is 38.8 Å². The number of fused-ring (bicyclic) bond motifs is 1. The van der Waals surface area contributed by atoms with E-state index in [9.17, 15) is 20.1 Å². The third-order valence-corrected chi connectivity index (χ3v) is 6.54. The molecule has 10 nitrogen and oxygen atoms in total. The van der Waals surface area contributed by atoms with Crippen molar-refractivity contribution in [2.24, 2.45) is 5.16 Å². The fourth-order valence-electron chi connectivity index (χ4n) is 4.32. The van der Waals surface area contributed by atoms with Crippen molar-refractivity contribution in [3.8, 4) is 11.5 Å². The van der Waals surface area contributed by atoms with E-state index < -0.39 is 35.8 Å². The molecule has 10 heteroatoms. The summed E-state index contributed by atoms with van der Waals surface area (Å²) in [6.45, 7) is 6.66. The Kier molecular flexibility index (Phi) is 6.61. The highest BCUT2D eigenvalue weighted by molar-refractivity contribution is 6.04. The van der Waals surface area contributed by atoms with Gasteiger partial charge in [-0.25, -0.2) is 4.79 Å². The van der Waals surface area contributed by atoms with Gasteiger partial charge in [-0.05, 0) is 59.1 Å². The van der Waals surface area contributed by atoms with Crippen LogP contribution in [0.3, 0.4) is 0 Å². The first-order valence-electron chi connectivity index (χ1n) is 11.3. The van der Waals surface area contributed by atoms with E-state index in [-0.39, 0.29) is 34.5 Å². The maximum absolute atomic E-state index is 12.7. The molecule has 4 atom stereocenters. The van der Waals surface area contributed by atoms with Crippen LogP contribution in [0.4, 0.5) is 0 Å². The summed E-state index contributed by atoms with van der Waals surface area (Å²) >= 11 is 0. The van der Waals surface area contributed by atoms with Crippen molar-refractivity contribution in [3.05, 3.63) is 33.7 Å². The van der Waals surface area contributed by atoms with E-state index >= 15 is 0 Å². The van der Waals surface area contributed by atoms with Crippen LogP contribution in [-0.4, -0.2) is 64.4 Å². The number of aryl methyl sites for hydroxylation is 1. The second-order valence-electron chi connectivity index (χ2n) is 9.36. The van der Waals surface area contributed by atoms with E-state index in [0.717, 1.165) is 19.3 Å². The summed E-state index contributed by atoms with van der Waals surface area (Å²) in [4.78, 5) is 18.1. The van der Waals surface area contributed by atoms with Gasteiger partial charge in [-0.1, -0.05) is 5.16 Å². The van der Waals surface area contributed by atoms with Gasteiger partial charge in [0.25, 0.3) is 0 Å². The standard InChI is InChI=1S/C24H31NO9/c1-11-15(31-23-19(28)18(27)21(30-5)24(3,4)33-23)10-9-14-17(26)16(22(29)32-20(11)14)12(2)25-34-13-7-6-8-13/h9-10,13,18-19,21,23,26-28H,6-8H2,1-5H3/t18-,19-,21-,23-/m1/s1. The Morgan fingerprint density at radius 1 is 1.21 bits per heavy atom. The molecule has 1 aliphatic carbocycles. The Balaban J connectivity index is 1.65. The van der Waals surface area contributed by atoms with Crippen LogP contribution in [0.25, 0.3) is 11.0 Å². The van der Waals surface area contributed by atoms with Gasteiger partial charge in [0.15, 0.2) is 0 Å². The molecule has 2 fully saturated rings. The predicted octanol–water partition coefficient (Wildman–Crippen LogP) is 2.35. The molecule has 0 unspecified atom stereocenters. The fraction of sp³-hybridized carbons (Fsp3) is 0.583. The SMILES string of the molecule is CO[C@@H]1[C@H](O)[C@@H](O)[C@H](Oc2ccc3c(O)c(C(C)=NOC4CCC4)c(=O)oc3c2C)OC1(C)C.